The van der Waals surface area contributed by atoms with Crippen molar-refractivity contribution < 1.29 is 9.53 Å². The Kier molecular flexibility index (Phi) is 3.94. The number of nitrogens with zero attached hydrogens (tertiary/aromatic N) is 3. The van der Waals surface area contributed by atoms with Gasteiger partial charge in [-0.15, -0.1) is 0 Å². The van der Waals surface area contributed by atoms with Gasteiger partial charge in [0.05, 0.1) is 24.0 Å². The summed E-state index contributed by atoms with van der Waals surface area (Å²) >= 11 is 0. The van der Waals surface area contributed by atoms with E-state index >= 15 is 0 Å². The van der Waals surface area contributed by atoms with Crippen LogP contribution in [0.5, 0.6) is 5.75 Å². The average molecular weight is 391 g/mol. The number of fused-ring (bicyclic) bond motifs is 4. The van der Waals surface area contributed by atoms with Crippen molar-refractivity contribution in [2.45, 2.75) is 18.4 Å². The Morgan fingerprint density at radius 3 is 2.72 bits per heavy atom. The predicted molar refractivity (Wildman–Crippen MR) is 108 cm³/mol. The van der Waals surface area contributed by atoms with Crippen molar-refractivity contribution in [1.82, 2.24) is 19.7 Å². The number of hydrogen-bond acceptors (Lipinski definition) is 5. The number of likely N-dealkylation sites (tertiary alicyclic amines) is 1. The van der Waals surface area contributed by atoms with E-state index in [1.54, 1.807) is 12.0 Å². The van der Waals surface area contributed by atoms with Gasteiger partial charge in [0.2, 0.25) is 0 Å². The Bertz CT molecular complexity index is 1120. The number of piperidine rings is 1. The van der Waals surface area contributed by atoms with E-state index in [9.17, 15) is 9.59 Å². The molecule has 1 amide bonds. The summed E-state index contributed by atoms with van der Waals surface area (Å²) < 4.78 is 7.61. The minimum Gasteiger partial charge on any atom is -0.497 e. The zero-order valence-corrected chi connectivity index (χ0v) is 16.0. The number of hydrogen-bond donors (Lipinski definition) is 2. The topological polar surface area (TPSA) is 92.2 Å². The molecule has 2 aromatic heterocycles. The summed E-state index contributed by atoms with van der Waals surface area (Å²) in [7, 11) is 1.66. The van der Waals surface area contributed by atoms with Crippen LogP contribution in [0.25, 0.3) is 5.69 Å². The molecule has 1 saturated heterocycles. The third-order valence-electron chi connectivity index (χ3n) is 5.88. The molecule has 0 aliphatic carbocycles. The minimum atomic E-state index is -0.319. The van der Waals surface area contributed by atoms with Crippen LogP contribution < -0.4 is 15.6 Å². The summed E-state index contributed by atoms with van der Waals surface area (Å²) in [4.78, 5) is 25.8. The van der Waals surface area contributed by atoms with E-state index in [1.165, 1.54) is 17.8 Å². The average Bonchev–Trinajstić information content (AvgIpc) is 3.25. The van der Waals surface area contributed by atoms with Gasteiger partial charge in [-0.2, -0.15) is 5.10 Å². The fourth-order valence-electron chi connectivity index (χ4n) is 4.35. The summed E-state index contributed by atoms with van der Waals surface area (Å²) in [5.74, 6) is 0.642. The third kappa shape index (κ3) is 2.79. The fourth-order valence-corrected chi connectivity index (χ4v) is 4.35. The van der Waals surface area contributed by atoms with Crippen LogP contribution in [0, 0.1) is 0 Å². The number of anilines is 1. The molecule has 8 nitrogen and oxygen atoms in total. The molecule has 0 bridgehead atoms. The van der Waals surface area contributed by atoms with E-state index in [2.05, 4.69) is 44.5 Å². The highest BCUT2D eigenvalue weighted by Crippen LogP contribution is 2.44. The Morgan fingerprint density at radius 2 is 2.00 bits per heavy atom. The minimum absolute atomic E-state index is 0.163. The predicted octanol–water partition coefficient (Wildman–Crippen LogP) is 2.13. The van der Waals surface area contributed by atoms with Crippen molar-refractivity contribution in [2.24, 2.45) is 0 Å². The van der Waals surface area contributed by atoms with E-state index in [0.717, 1.165) is 30.0 Å². The molecule has 3 aromatic rings. The van der Waals surface area contributed by atoms with Gasteiger partial charge in [-0.25, -0.2) is 5.10 Å². The molecule has 2 aliphatic heterocycles. The van der Waals surface area contributed by atoms with Crippen LogP contribution in [0.1, 0.15) is 29.0 Å². The van der Waals surface area contributed by atoms with Crippen molar-refractivity contribution in [1.29, 1.82) is 0 Å². The Morgan fingerprint density at radius 1 is 1.17 bits per heavy atom. The number of benzene rings is 1. The first-order chi connectivity index (χ1) is 14.1. The maximum Gasteiger partial charge on any atom is 0.274 e. The summed E-state index contributed by atoms with van der Waals surface area (Å²) in [6.07, 6.45) is 3.61. The molecule has 148 valence electrons. The molecule has 1 fully saturated rings. The monoisotopic (exact) mass is 391 g/mol. The molecule has 0 atom stereocenters. The summed E-state index contributed by atoms with van der Waals surface area (Å²) in [6, 6.07) is 13.0. The Hall–Kier alpha value is -3.55. The first-order valence-corrected chi connectivity index (χ1v) is 9.59. The molecule has 5 rings (SSSR count). The van der Waals surface area contributed by atoms with Crippen LogP contribution in [-0.4, -0.2) is 45.8 Å². The van der Waals surface area contributed by atoms with Crippen molar-refractivity contribution >= 4 is 11.6 Å². The summed E-state index contributed by atoms with van der Waals surface area (Å²) in [5.41, 5.74) is 3.00. The van der Waals surface area contributed by atoms with E-state index in [0.29, 0.717) is 13.1 Å². The van der Waals surface area contributed by atoms with Gasteiger partial charge in [0, 0.05) is 37.1 Å². The van der Waals surface area contributed by atoms with Gasteiger partial charge in [0.25, 0.3) is 11.5 Å². The third-order valence-corrected chi connectivity index (χ3v) is 5.88. The lowest BCUT2D eigenvalue weighted by Gasteiger charge is -2.46. The van der Waals surface area contributed by atoms with Crippen LogP contribution in [0.3, 0.4) is 0 Å². The highest BCUT2D eigenvalue weighted by Gasteiger charge is 2.42. The van der Waals surface area contributed by atoms with Crippen LogP contribution in [0.2, 0.25) is 0 Å². The zero-order valence-electron chi connectivity index (χ0n) is 16.0. The van der Waals surface area contributed by atoms with Gasteiger partial charge in [-0.3, -0.25) is 9.59 Å². The molecule has 2 aliphatic rings. The largest absolute Gasteiger partial charge is 0.497 e. The standard InChI is InChI=1S/C21H21N5O3/c1-29-14-4-6-17-16(13-14)22-21(18-3-2-10-26(17)18)8-11-25(12-9-21)20(28)15-5-7-19(27)24-23-15/h2-7,10,13,22H,8-9,11-12H2,1H3,(H,24,27). The van der Waals surface area contributed by atoms with Gasteiger partial charge >= 0.3 is 0 Å². The molecule has 4 heterocycles. The lowest BCUT2D eigenvalue weighted by molar-refractivity contribution is 0.0669. The molecule has 0 saturated carbocycles. The van der Waals surface area contributed by atoms with E-state index in [1.807, 2.05) is 12.1 Å². The van der Waals surface area contributed by atoms with Crippen molar-refractivity contribution in [3.8, 4) is 11.4 Å². The maximum absolute atomic E-state index is 12.8. The molecule has 1 aromatic carbocycles. The molecule has 0 radical (unpaired) electrons. The van der Waals surface area contributed by atoms with Gasteiger partial charge in [-0.05, 0) is 43.2 Å². The molecule has 8 heteroatoms. The zero-order chi connectivity index (χ0) is 20.0. The van der Waals surface area contributed by atoms with Gasteiger partial charge in [0.15, 0.2) is 0 Å². The molecular weight excluding hydrogens is 370 g/mol. The molecule has 0 unspecified atom stereocenters. The van der Waals surface area contributed by atoms with Crippen molar-refractivity contribution in [3.63, 3.8) is 0 Å². The molecule has 1 spiro atoms. The normalized spacial score (nSPS) is 16.7. The van der Waals surface area contributed by atoms with Crippen LogP contribution in [-0.2, 0) is 5.54 Å². The number of carbonyl (C=O) groups excluding carboxylic acids is 1. The number of rotatable bonds is 2. The van der Waals surface area contributed by atoms with Crippen LogP contribution >= 0.6 is 0 Å². The van der Waals surface area contributed by atoms with Gasteiger partial charge < -0.3 is 19.5 Å². The summed E-state index contributed by atoms with van der Waals surface area (Å²) in [6.45, 7) is 1.19. The number of H-pyrrole nitrogens is 1. The van der Waals surface area contributed by atoms with Crippen molar-refractivity contribution in [3.05, 3.63) is 70.4 Å². The second kappa shape index (κ2) is 6.51. The number of amides is 1. The summed E-state index contributed by atoms with van der Waals surface area (Å²) in [5, 5.41) is 9.93. The number of ether oxygens (including phenoxy) is 1. The number of aromatic nitrogens is 3. The smallest absolute Gasteiger partial charge is 0.274 e. The Labute approximate surface area is 167 Å². The van der Waals surface area contributed by atoms with Crippen LogP contribution in [0.4, 0.5) is 5.69 Å². The lowest BCUT2D eigenvalue weighted by atomic mass is 9.82. The number of nitrogens with one attached hydrogen (secondary N) is 2. The van der Waals surface area contributed by atoms with Gasteiger partial charge in [0.1, 0.15) is 11.4 Å². The molecule has 2 N–H and O–H groups in total. The number of aromatic amines is 1. The highest BCUT2D eigenvalue weighted by molar-refractivity contribution is 5.92. The SMILES string of the molecule is COc1ccc2c(c1)NC1(CCN(C(=O)c3ccc(=O)[nH]n3)CC1)c1cccn1-2. The van der Waals surface area contributed by atoms with Crippen molar-refractivity contribution in [2.75, 3.05) is 25.5 Å². The van der Waals surface area contributed by atoms with E-state index in [-0.39, 0.29) is 22.7 Å². The number of carbonyl (C=O) groups is 1. The van der Waals surface area contributed by atoms with Gasteiger partial charge in [-0.1, -0.05) is 0 Å². The second-order valence-corrected chi connectivity index (χ2v) is 7.45. The number of methoxy groups -OCH3 is 1. The maximum atomic E-state index is 12.8. The fraction of sp³-hybridized carbons (Fsp3) is 0.286. The molecular formula is C21H21N5O3. The first kappa shape index (κ1) is 17.5. The first-order valence-electron chi connectivity index (χ1n) is 9.59. The van der Waals surface area contributed by atoms with E-state index < -0.39 is 0 Å². The lowest BCUT2D eigenvalue weighted by Crippen LogP contribution is -2.51. The van der Waals surface area contributed by atoms with E-state index in [4.69, 9.17) is 4.74 Å². The van der Waals surface area contributed by atoms with Crippen LogP contribution in [0.15, 0.2) is 53.5 Å². The molecule has 29 heavy (non-hydrogen) atoms. The quantitative estimate of drug-likeness (QED) is 0.698. The Balaban J connectivity index is 1.42. The second-order valence-electron chi connectivity index (χ2n) is 7.45. The highest BCUT2D eigenvalue weighted by atomic mass is 16.5.